The number of aryl methyl sites for hydroxylation is 1. The third kappa shape index (κ3) is 4.59. The summed E-state index contributed by atoms with van der Waals surface area (Å²) in [5.74, 6) is -0.797. The second-order valence-electron chi connectivity index (χ2n) is 6.33. The molecule has 2 rings (SSSR count). The minimum atomic E-state index is -1.07. The summed E-state index contributed by atoms with van der Waals surface area (Å²) in [6.45, 7) is 6.73. The van der Waals surface area contributed by atoms with Gasteiger partial charge in [0.1, 0.15) is 0 Å². The van der Waals surface area contributed by atoms with Crippen LogP contribution in [-0.2, 0) is 9.47 Å². The maximum absolute atomic E-state index is 12.8. The normalized spacial score (nSPS) is 11.5. The molecular weight excluding hydrogens is 378 g/mol. The highest BCUT2D eigenvalue weighted by Gasteiger charge is 2.28. The fourth-order valence-corrected chi connectivity index (χ4v) is 2.95. The molecule has 2 aromatic rings. The van der Waals surface area contributed by atoms with Crippen LogP contribution in [0.4, 0.5) is 0 Å². The molecule has 0 bridgehead atoms. The first-order chi connectivity index (χ1) is 13.7. The van der Waals surface area contributed by atoms with Crippen LogP contribution >= 0.6 is 0 Å². The maximum atomic E-state index is 12.8. The van der Waals surface area contributed by atoms with Crippen LogP contribution in [0.5, 0.6) is 11.5 Å². The summed E-state index contributed by atoms with van der Waals surface area (Å²) in [6.07, 6.45) is -1.07. The van der Waals surface area contributed by atoms with Gasteiger partial charge in [0.25, 0.3) is 0 Å². The van der Waals surface area contributed by atoms with E-state index in [1.165, 1.54) is 33.3 Å². The van der Waals surface area contributed by atoms with Gasteiger partial charge in [-0.05, 0) is 51.5 Å². The van der Waals surface area contributed by atoms with E-state index >= 15 is 0 Å². The first-order valence-electron chi connectivity index (χ1n) is 9.08. The van der Waals surface area contributed by atoms with E-state index < -0.39 is 23.8 Å². The summed E-state index contributed by atoms with van der Waals surface area (Å²) in [5, 5.41) is 0. The number of aromatic nitrogens is 1. The van der Waals surface area contributed by atoms with Crippen LogP contribution < -0.4 is 9.47 Å². The Bertz CT molecular complexity index is 929. The molecule has 0 aliphatic rings. The zero-order valence-electron chi connectivity index (χ0n) is 17.4. The Labute approximate surface area is 169 Å². The van der Waals surface area contributed by atoms with E-state index in [1.807, 2.05) is 0 Å². The van der Waals surface area contributed by atoms with Gasteiger partial charge in [-0.3, -0.25) is 4.79 Å². The third-order valence-electron chi connectivity index (χ3n) is 4.44. The van der Waals surface area contributed by atoms with Crippen molar-refractivity contribution >= 4 is 17.7 Å². The van der Waals surface area contributed by atoms with E-state index in [-0.39, 0.29) is 17.9 Å². The van der Waals surface area contributed by atoms with Crippen LogP contribution in [0.2, 0.25) is 0 Å². The van der Waals surface area contributed by atoms with E-state index in [0.29, 0.717) is 28.3 Å². The molecule has 0 unspecified atom stereocenters. The number of H-pyrrole nitrogens is 1. The number of Topliss-reactive ketones (excluding diaryl/α,β-unsaturated/α-hetero) is 1. The fraction of sp³-hybridized carbons (Fsp3) is 0.381. The van der Waals surface area contributed by atoms with Crippen molar-refractivity contribution in [2.45, 2.75) is 33.8 Å². The molecule has 0 radical (unpaired) electrons. The van der Waals surface area contributed by atoms with Crippen molar-refractivity contribution in [1.29, 1.82) is 0 Å². The average molecular weight is 403 g/mol. The number of carbonyl (C=O) groups excluding carboxylic acids is 3. The molecular formula is C21H25NO7. The van der Waals surface area contributed by atoms with E-state index in [0.717, 1.165) is 0 Å². The molecule has 1 aromatic carbocycles. The van der Waals surface area contributed by atoms with Crippen molar-refractivity contribution < 1.29 is 33.3 Å². The van der Waals surface area contributed by atoms with Crippen LogP contribution in [0.3, 0.4) is 0 Å². The number of carbonyl (C=O) groups is 3. The first kappa shape index (κ1) is 22.0. The van der Waals surface area contributed by atoms with Crippen LogP contribution in [0, 0.1) is 13.8 Å². The number of aromatic amines is 1. The largest absolute Gasteiger partial charge is 0.493 e. The molecule has 1 aromatic heterocycles. The average Bonchev–Trinajstić information content (AvgIpc) is 3.00. The summed E-state index contributed by atoms with van der Waals surface area (Å²) >= 11 is 0. The third-order valence-corrected chi connectivity index (χ3v) is 4.44. The van der Waals surface area contributed by atoms with Crippen molar-refractivity contribution in [2.75, 3.05) is 20.8 Å². The maximum Gasteiger partial charge on any atom is 0.340 e. The Kier molecular flexibility index (Phi) is 7.03. The van der Waals surface area contributed by atoms with Gasteiger partial charge < -0.3 is 23.9 Å². The lowest BCUT2D eigenvalue weighted by molar-refractivity contribution is 0.0316. The second kappa shape index (κ2) is 9.27. The Morgan fingerprint density at radius 3 is 2.28 bits per heavy atom. The second-order valence-corrected chi connectivity index (χ2v) is 6.33. The zero-order chi connectivity index (χ0) is 21.7. The smallest absolute Gasteiger partial charge is 0.340 e. The molecule has 0 saturated heterocycles. The van der Waals surface area contributed by atoms with Crippen LogP contribution in [0.1, 0.15) is 56.3 Å². The number of ketones is 1. The van der Waals surface area contributed by atoms with Crippen LogP contribution in [0.25, 0.3) is 0 Å². The van der Waals surface area contributed by atoms with Gasteiger partial charge in [0.2, 0.25) is 5.78 Å². The summed E-state index contributed by atoms with van der Waals surface area (Å²) in [5.41, 5.74) is 1.71. The lowest BCUT2D eigenvalue weighted by atomic mass is 10.1. The molecule has 1 heterocycles. The molecule has 0 saturated carbocycles. The summed E-state index contributed by atoms with van der Waals surface area (Å²) in [4.78, 5) is 40.3. The van der Waals surface area contributed by atoms with E-state index in [4.69, 9.17) is 18.9 Å². The summed E-state index contributed by atoms with van der Waals surface area (Å²) in [7, 11) is 2.94. The van der Waals surface area contributed by atoms with Gasteiger partial charge in [0.15, 0.2) is 17.6 Å². The number of methoxy groups -OCH3 is 2. The van der Waals surface area contributed by atoms with Crippen molar-refractivity contribution in [3.8, 4) is 11.5 Å². The first-order valence-corrected chi connectivity index (χ1v) is 9.08. The molecule has 0 aliphatic carbocycles. The number of hydrogen-bond donors (Lipinski definition) is 1. The lowest BCUT2D eigenvalue weighted by Crippen LogP contribution is -2.25. The zero-order valence-corrected chi connectivity index (χ0v) is 17.4. The van der Waals surface area contributed by atoms with E-state index in [1.54, 1.807) is 26.8 Å². The van der Waals surface area contributed by atoms with E-state index in [9.17, 15) is 14.4 Å². The van der Waals surface area contributed by atoms with E-state index in [2.05, 4.69) is 4.98 Å². The van der Waals surface area contributed by atoms with Gasteiger partial charge in [0.05, 0.1) is 37.6 Å². The minimum absolute atomic E-state index is 0.207. The SMILES string of the molecule is CCOC(=O)c1c(C)[nH]c(C(=O)[C@H](C)OC(=O)c2ccc(OC)c(OC)c2)c1C. The molecule has 0 fully saturated rings. The number of esters is 2. The van der Waals surface area contributed by atoms with Gasteiger partial charge in [0, 0.05) is 5.69 Å². The number of hydrogen-bond acceptors (Lipinski definition) is 7. The number of nitrogens with one attached hydrogen (secondary N) is 1. The predicted molar refractivity (Wildman–Crippen MR) is 105 cm³/mol. The fourth-order valence-electron chi connectivity index (χ4n) is 2.95. The molecule has 0 spiro atoms. The quantitative estimate of drug-likeness (QED) is 0.533. The Morgan fingerprint density at radius 1 is 1.03 bits per heavy atom. The number of rotatable bonds is 8. The molecule has 156 valence electrons. The Morgan fingerprint density at radius 2 is 1.69 bits per heavy atom. The lowest BCUT2D eigenvalue weighted by Gasteiger charge is -2.13. The van der Waals surface area contributed by atoms with Gasteiger partial charge in [-0.2, -0.15) is 0 Å². The van der Waals surface area contributed by atoms with Crippen LogP contribution in [0.15, 0.2) is 18.2 Å². The summed E-state index contributed by atoms with van der Waals surface area (Å²) in [6, 6.07) is 4.57. The van der Waals surface area contributed by atoms with Crippen molar-refractivity contribution in [3.05, 3.63) is 46.3 Å². The summed E-state index contributed by atoms with van der Waals surface area (Å²) < 4.78 is 20.7. The molecule has 1 atom stereocenters. The van der Waals surface area contributed by atoms with Gasteiger partial charge in [-0.1, -0.05) is 0 Å². The molecule has 0 aliphatic heterocycles. The van der Waals surface area contributed by atoms with Gasteiger partial charge >= 0.3 is 11.9 Å². The van der Waals surface area contributed by atoms with Gasteiger partial charge in [-0.15, -0.1) is 0 Å². The highest BCUT2D eigenvalue weighted by molar-refractivity contribution is 6.04. The number of benzene rings is 1. The standard InChI is InChI=1S/C21H25NO7/c1-7-28-21(25)17-11(2)18(22-12(17)3)19(23)13(4)29-20(24)14-8-9-15(26-5)16(10-14)27-6/h8-10,13,22H,7H2,1-6H3/t13-/m0/s1. The van der Waals surface area contributed by atoms with Crippen molar-refractivity contribution in [2.24, 2.45) is 0 Å². The highest BCUT2D eigenvalue weighted by Crippen LogP contribution is 2.28. The van der Waals surface area contributed by atoms with Crippen molar-refractivity contribution in [1.82, 2.24) is 4.98 Å². The molecule has 8 heteroatoms. The minimum Gasteiger partial charge on any atom is -0.493 e. The Hall–Kier alpha value is -3.29. The molecule has 0 amide bonds. The Balaban J connectivity index is 2.20. The highest BCUT2D eigenvalue weighted by atomic mass is 16.5. The van der Waals surface area contributed by atoms with Crippen LogP contribution in [-0.4, -0.2) is 49.6 Å². The molecule has 1 N–H and O–H groups in total. The molecule has 29 heavy (non-hydrogen) atoms. The topological polar surface area (TPSA) is 104 Å². The van der Waals surface area contributed by atoms with Crippen molar-refractivity contribution in [3.63, 3.8) is 0 Å². The predicted octanol–water partition coefficient (Wildman–Crippen LogP) is 3.25. The molecule has 8 nitrogen and oxygen atoms in total. The monoisotopic (exact) mass is 403 g/mol. The number of ether oxygens (including phenoxy) is 4. The van der Waals surface area contributed by atoms with Gasteiger partial charge in [-0.25, -0.2) is 9.59 Å².